The van der Waals surface area contributed by atoms with Gasteiger partial charge < -0.3 is 5.21 Å². The molecule has 0 amide bonds. The quantitative estimate of drug-likeness (QED) is 0.711. The van der Waals surface area contributed by atoms with E-state index in [2.05, 4.69) is 0 Å². The third-order valence-corrected chi connectivity index (χ3v) is 2.41. The van der Waals surface area contributed by atoms with Crippen molar-refractivity contribution in [3.63, 3.8) is 0 Å². The molecular formula is C7H8FNO3S. The van der Waals surface area contributed by atoms with Crippen molar-refractivity contribution in [1.29, 1.82) is 0 Å². The van der Waals surface area contributed by atoms with Crippen molar-refractivity contribution in [1.82, 2.24) is 4.89 Å². The molecule has 1 aromatic rings. The number of sulfonamides is 1. The van der Waals surface area contributed by atoms with E-state index in [4.69, 9.17) is 5.21 Å². The maximum atomic E-state index is 12.9. The zero-order valence-corrected chi connectivity index (χ0v) is 7.38. The van der Waals surface area contributed by atoms with Gasteiger partial charge in [-0.1, -0.05) is 23.1 Å². The van der Waals surface area contributed by atoms with Gasteiger partial charge in [0.25, 0.3) is 0 Å². The molecule has 1 aromatic carbocycles. The fraction of sp³-hybridized carbons (Fsp3) is 0.143. The minimum absolute atomic E-state index is 0.0176. The number of rotatable bonds is 3. The lowest BCUT2D eigenvalue weighted by Crippen LogP contribution is -2.21. The van der Waals surface area contributed by atoms with Gasteiger partial charge in [0.05, 0.1) is 5.75 Å². The van der Waals surface area contributed by atoms with Gasteiger partial charge in [0.15, 0.2) is 0 Å². The van der Waals surface area contributed by atoms with E-state index in [-0.39, 0.29) is 5.56 Å². The minimum Gasteiger partial charge on any atom is -0.302 e. The first-order chi connectivity index (χ1) is 6.05. The molecule has 0 aliphatic heterocycles. The van der Waals surface area contributed by atoms with Crippen LogP contribution in [-0.2, 0) is 15.8 Å². The van der Waals surface area contributed by atoms with Crippen LogP contribution in [0.4, 0.5) is 4.39 Å². The number of nitrogens with one attached hydrogen (secondary N) is 1. The molecule has 0 aliphatic rings. The van der Waals surface area contributed by atoms with Gasteiger partial charge in [0, 0.05) is 5.56 Å². The van der Waals surface area contributed by atoms with Crippen molar-refractivity contribution >= 4 is 10.0 Å². The minimum atomic E-state index is -3.83. The van der Waals surface area contributed by atoms with E-state index in [1.165, 1.54) is 18.2 Å². The summed E-state index contributed by atoms with van der Waals surface area (Å²) in [4.78, 5) is 1.12. The van der Waals surface area contributed by atoms with Crippen molar-refractivity contribution < 1.29 is 18.0 Å². The van der Waals surface area contributed by atoms with Crippen molar-refractivity contribution in [2.24, 2.45) is 0 Å². The number of hydrogen-bond donors (Lipinski definition) is 2. The standard InChI is InChI=1S/C7H8FNO3S/c8-7-4-2-1-3-6(7)5-13(11,12)9-10/h1-4,9-10H,5H2. The summed E-state index contributed by atoms with van der Waals surface area (Å²) in [5.41, 5.74) is 0.0176. The predicted octanol–water partition coefficient (Wildman–Crippen LogP) is 0.634. The highest BCUT2D eigenvalue weighted by molar-refractivity contribution is 7.88. The second-order valence-electron chi connectivity index (χ2n) is 2.44. The maximum Gasteiger partial charge on any atom is 0.237 e. The Morgan fingerprint density at radius 1 is 1.38 bits per heavy atom. The van der Waals surface area contributed by atoms with Gasteiger partial charge in [-0.3, -0.25) is 0 Å². The van der Waals surface area contributed by atoms with Crippen LogP contribution in [0.1, 0.15) is 5.56 Å². The van der Waals surface area contributed by atoms with E-state index in [9.17, 15) is 12.8 Å². The summed E-state index contributed by atoms with van der Waals surface area (Å²) in [6.45, 7) is 0. The molecule has 2 N–H and O–H groups in total. The predicted molar refractivity (Wildman–Crippen MR) is 43.9 cm³/mol. The summed E-state index contributed by atoms with van der Waals surface area (Å²) >= 11 is 0. The summed E-state index contributed by atoms with van der Waals surface area (Å²) in [6.07, 6.45) is 0. The Kier molecular flexibility index (Phi) is 2.97. The fourth-order valence-corrected chi connectivity index (χ4v) is 1.56. The van der Waals surface area contributed by atoms with Crippen LogP contribution in [0.25, 0.3) is 0 Å². The molecule has 0 aromatic heterocycles. The van der Waals surface area contributed by atoms with Gasteiger partial charge in [0.2, 0.25) is 10.0 Å². The Hall–Kier alpha value is -0.980. The SMILES string of the molecule is O=S(=O)(Cc1ccccc1F)NO. The lowest BCUT2D eigenvalue weighted by molar-refractivity contribution is 0.242. The summed E-state index contributed by atoms with van der Waals surface area (Å²) in [5, 5.41) is 8.19. The zero-order chi connectivity index (χ0) is 9.90. The van der Waals surface area contributed by atoms with Crippen LogP contribution in [-0.4, -0.2) is 13.6 Å². The Morgan fingerprint density at radius 3 is 2.54 bits per heavy atom. The first-order valence-electron chi connectivity index (χ1n) is 3.42. The topological polar surface area (TPSA) is 66.4 Å². The van der Waals surface area contributed by atoms with Crippen LogP contribution in [0, 0.1) is 5.82 Å². The molecule has 6 heteroatoms. The Labute approximate surface area is 75.0 Å². The van der Waals surface area contributed by atoms with E-state index in [1.807, 2.05) is 0 Å². The van der Waals surface area contributed by atoms with Crippen LogP contribution in [0.5, 0.6) is 0 Å². The summed E-state index contributed by atoms with van der Waals surface area (Å²) in [5.74, 6) is -1.18. The first kappa shape index (κ1) is 10.1. The third kappa shape index (κ3) is 2.76. The number of halogens is 1. The Morgan fingerprint density at radius 2 is 2.00 bits per heavy atom. The van der Waals surface area contributed by atoms with E-state index in [0.29, 0.717) is 0 Å². The highest BCUT2D eigenvalue weighted by Gasteiger charge is 2.12. The molecule has 0 atom stereocenters. The van der Waals surface area contributed by atoms with E-state index < -0.39 is 21.6 Å². The Balaban J connectivity index is 2.93. The molecule has 0 aliphatic carbocycles. The van der Waals surface area contributed by atoms with Crippen LogP contribution in [0.3, 0.4) is 0 Å². The molecule has 0 saturated heterocycles. The average Bonchev–Trinajstić information content (AvgIpc) is 2.09. The summed E-state index contributed by atoms with van der Waals surface area (Å²) in [7, 11) is -3.83. The number of benzene rings is 1. The van der Waals surface area contributed by atoms with Gasteiger partial charge in [-0.25, -0.2) is 12.8 Å². The van der Waals surface area contributed by atoms with E-state index in [0.717, 1.165) is 11.0 Å². The lowest BCUT2D eigenvalue weighted by Gasteiger charge is -2.02. The highest BCUT2D eigenvalue weighted by Crippen LogP contribution is 2.09. The van der Waals surface area contributed by atoms with Gasteiger partial charge >= 0.3 is 0 Å². The second-order valence-corrected chi connectivity index (χ2v) is 4.14. The van der Waals surface area contributed by atoms with Crippen molar-refractivity contribution in [3.8, 4) is 0 Å². The summed E-state index contributed by atoms with van der Waals surface area (Å²) in [6, 6.07) is 5.47. The van der Waals surface area contributed by atoms with Crippen LogP contribution < -0.4 is 4.89 Å². The molecule has 0 spiro atoms. The second kappa shape index (κ2) is 3.82. The molecule has 0 bridgehead atoms. The first-order valence-corrected chi connectivity index (χ1v) is 5.07. The van der Waals surface area contributed by atoms with Crippen LogP contribution in [0.2, 0.25) is 0 Å². The molecule has 4 nitrogen and oxygen atoms in total. The van der Waals surface area contributed by atoms with Gasteiger partial charge in [-0.15, -0.1) is 0 Å². The van der Waals surface area contributed by atoms with Crippen LogP contribution >= 0.6 is 0 Å². The van der Waals surface area contributed by atoms with Crippen molar-refractivity contribution in [2.45, 2.75) is 5.75 Å². The smallest absolute Gasteiger partial charge is 0.237 e. The maximum absolute atomic E-state index is 12.9. The molecule has 0 unspecified atom stereocenters. The van der Waals surface area contributed by atoms with Gasteiger partial charge in [0.1, 0.15) is 5.82 Å². The zero-order valence-electron chi connectivity index (χ0n) is 6.57. The molecule has 0 saturated carbocycles. The molecule has 13 heavy (non-hydrogen) atoms. The van der Waals surface area contributed by atoms with E-state index >= 15 is 0 Å². The monoisotopic (exact) mass is 205 g/mol. The third-order valence-electron chi connectivity index (χ3n) is 1.44. The van der Waals surface area contributed by atoms with Gasteiger partial charge in [-0.05, 0) is 6.07 Å². The van der Waals surface area contributed by atoms with Crippen LogP contribution in [0.15, 0.2) is 24.3 Å². The van der Waals surface area contributed by atoms with Crippen molar-refractivity contribution in [2.75, 3.05) is 0 Å². The Bertz CT molecular complexity index is 390. The number of hydrogen-bond acceptors (Lipinski definition) is 3. The highest BCUT2D eigenvalue weighted by atomic mass is 32.2. The molecule has 1 rings (SSSR count). The van der Waals surface area contributed by atoms with Crippen molar-refractivity contribution in [3.05, 3.63) is 35.6 Å². The molecule has 0 heterocycles. The normalized spacial score (nSPS) is 11.5. The fourth-order valence-electron chi connectivity index (χ4n) is 0.852. The summed E-state index contributed by atoms with van der Waals surface area (Å²) < 4.78 is 34.5. The average molecular weight is 205 g/mol. The molecule has 0 fully saturated rings. The molecular weight excluding hydrogens is 197 g/mol. The van der Waals surface area contributed by atoms with E-state index in [1.54, 1.807) is 0 Å². The largest absolute Gasteiger partial charge is 0.302 e. The molecule has 0 radical (unpaired) electrons. The van der Waals surface area contributed by atoms with Gasteiger partial charge in [-0.2, -0.15) is 0 Å². The molecule has 72 valence electrons. The lowest BCUT2D eigenvalue weighted by atomic mass is 10.2.